The predicted molar refractivity (Wildman–Crippen MR) is 62.7 cm³/mol. The van der Waals surface area contributed by atoms with E-state index < -0.39 is 0 Å². The van der Waals surface area contributed by atoms with E-state index in [1.807, 2.05) is 6.92 Å². The predicted octanol–water partition coefficient (Wildman–Crippen LogP) is 1.54. The molecule has 0 aromatic carbocycles. The SMILES string of the molecule is CC(C)C(C)C(=O)NCC[C@@H]1CCCN1. The first kappa shape index (κ1) is 12.5. The maximum absolute atomic E-state index is 11.6. The van der Waals surface area contributed by atoms with Gasteiger partial charge >= 0.3 is 0 Å². The molecule has 0 aliphatic carbocycles. The van der Waals surface area contributed by atoms with Gasteiger partial charge in [-0.05, 0) is 31.7 Å². The highest BCUT2D eigenvalue weighted by Gasteiger charge is 2.17. The molecule has 1 heterocycles. The molecule has 3 nitrogen and oxygen atoms in total. The van der Waals surface area contributed by atoms with Crippen LogP contribution in [0.15, 0.2) is 0 Å². The van der Waals surface area contributed by atoms with Crippen LogP contribution in [0.1, 0.15) is 40.0 Å². The molecule has 2 N–H and O–H groups in total. The van der Waals surface area contributed by atoms with Gasteiger partial charge in [0.25, 0.3) is 0 Å². The Morgan fingerprint density at radius 2 is 2.20 bits per heavy atom. The van der Waals surface area contributed by atoms with E-state index >= 15 is 0 Å². The second kappa shape index (κ2) is 6.11. The van der Waals surface area contributed by atoms with Crippen molar-refractivity contribution in [3.05, 3.63) is 0 Å². The van der Waals surface area contributed by atoms with Gasteiger partial charge < -0.3 is 10.6 Å². The van der Waals surface area contributed by atoms with Crippen LogP contribution >= 0.6 is 0 Å². The maximum atomic E-state index is 11.6. The lowest BCUT2D eigenvalue weighted by atomic mass is 9.97. The molecular formula is C12H24N2O. The minimum atomic E-state index is 0.126. The lowest BCUT2D eigenvalue weighted by Crippen LogP contribution is -2.35. The number of nitrogens with one attached hydrogen (secondary N) is 2. The van der Waals surface area contributed by atoms with Gasteiger partial charge in [0.1, 0.15) is 0 Å². The Kier molecular flexibility index (Phi) is 5.09. The third kappa shape index (κ3) is 4.20. The van der Waals surface area contributed by atoms with Crippen molar-refractivity contribution in [1.82, 2.24) is 10.6 Å². The Bertz CT molecular complexity index is 198. The van der Waals surface area contributed by atoms with Crippen LogP contribution in [0.4, 0.5) is 0 Å². The number of carbonyl (C=O) groups excluding carboxylic acids is 1. The molecule has 0 bridgehead atoms. The molecular weight excluding hydrogens is 188 g/mol. The van der Waals surface area contributed by atoms with Crippen LogP contribution in [0.5, 0.6) is 0 Å². The minimum absolute atomic E-state index is 0.126. The van der Waals surface area contributed by atoms with Crippen molar-refractivity contribution in [3.8, 4) is 0 Å². The number of amides is 1. The van der Waals surface area contributed by atoms with E-state index in [4.69, 9.17) is 0 Å². The third-order valence-corrected chi connectivity index (χ3v) is 3.37. The largest absolute Gasteiger partial charge is 0.356 e. The molecule has 1 amide bonds. The van der Waals surface area contributed by atoms with Crippen molar-refractivity contribution in [2.75, 3.05) is 13.1 Å². The Morgan fingerprint density at radius 1 is 1.47 bits per heavy atom. The molecule has 1 unspecified atom stereocenters. The van der Waals surface area contributed by atoms with Crippen LogP contribution < -0.4 is 10.6 Å². The standard InChI is InChI=1S/C12H24N2O/c1-9(2)10(3)12(15)14-8-6-11-5-4-7-13-11/h9-11,13H,4-8H2,1-3H3,(H,14,15)/t10?,11-/m0/s1. The lowest BCUT2D eigenvalue weighted by molar-refractivity contribution is -0.125. The molecule has 15 heavy (non-hydrogen) atoms. The fraction of sp³-hybridized carbons (Fsp3) is 0.917. The van der Waals surface area contributed by atoms with Crippen molar-refractivity contribution in [1.29, 1.82) is 0 Å². The summed E-state index contributed by atoms with van der Waals surface area (Å²) < 4.78 is 0. The van der Waals surface area contributed by atoms with Gasteiger partial charge in [-0.2, -0.15) is 0 Å². The van der Waals surface area contributed by atoms with Crippen molar-refractivity contribution in [2.24, 2.45) is 11.8 Å². The normalized spacial score (nSPS) is 23.1. The summed E-state index contributed by atoms with van der Waals surface area (Å²) in [5.74, 6) is 0.749. The van der Waals surface area contributed by atoms with E-state index in [0.717, 1.165) is 19.5 Å². The summed E-state index contributed by atoms with van der Waals surface area (Å²) in [6.45, 7) is 8.12. The van der Waals surface area contributed by atoms with Gasteiger partial charge in [-0.15, -0.1) is 0 Å². The summed E-state index contributed by atoms with van der Waals surface area (Å²) in [5.41, 5.74) is 0. The summed E-state index contributed by atoms with van der Waals surface area (Å²) >= 11 is 0. The molecule has 0 spiro atoms. The zero-order valence-corrected chi connectivity index (χ0v) is 10.2. The molecule has 1 saturated heterocycles. The average molecular weight is 212 g/mol. The Balaban J connectivity index is 2.11. The van der Waals surface area contributed by atoms with E-state index in [0.29, 0.717) is 12.0 Å². The van der Waals surface area contributed by atoms with Gasteiger partial charge in [-0.1, -0.05) is 20.8 Å². The molecule has 0 saturated carbocycles. The molecule has 1 aliphatic heterocycles. The maximum Gasteiger partial charge on any atom is 0.223 e. The van der Waals surface area contributed by atoms with Gasteiger partial charge in [-0.25, -0.2) is 0 Å². The van der Waals surface area contributed by atoms with Crippen LogP contribution in [0.3, 0.4) is 0 Å². The van der Waals surface area contributed by atoms with E-state index in [2.05, 4.69) is 24.5 Å². The number of carbonyl (C=O) groups is 1. The highest BCUT2D eigenvalue weighted by atomic mass is 16.1. The average Bonchev–Trinajstić information content (AvgIpc) is 2.69. The Labute approximate surface area is 93.0 Å². The zero-order chi connectivity index (χ0) is 11.3. The Morgan fingerprint density at radius 3 is 2.73 bits per heavy atom. The van der Waals surface area contributed by atoms with Crippen LogP contribution in [0, 0.1) is 11.8 Å². The molecule has 88 valence electrons. The van der Waals surface area contributed by atoms with Gasteiger partial charge in [0.15, 0.2) is 0 Å². The van der Waals surface area contributed by atoms with E-state index in [1.165, 1.54) is 12.8 Å². The third-order valence-electron chi connectivity index (χ3n) is 3.37. The number of hydrogen-bond acceptors (Lipinski definition) is 2. The second-order valence-corrected chi connectivity index (χ2v) is 4.91. The topological polar surface area (TPSA) is 41.1 Å². The van der Waals surface area contributed by atoms with Crippen molar-refractivity contribution in [3.63, 3.8) is 0 Å². The molecule has 2 atom stereocenters. The van der Waals surface area contributed by atoms with Crippen molar-refractivity contribution in [2.45, 2.75) is 46.1 Å². The summed E-state index contributed by atoms with van der Waals surface area (Å²) in [4.78, 5) is 11.6. The molecule has 1 rings (SSSR count). The van der Waals surface area contributed by atoms with E-state index in [-0.39, 0.29) is 11.8 Å². The first-order valence-corrected chi connectivity index (χ1v) is 6.12. The fourth-order valence-electron chi connectivity index (χ4n) is 1.84. The Hall–Kier alpha value is -0.570. The molecule has 0 aromatic heterocycles. The minimum Gasteiger partial charge on any atom is -0.356 e. The van der Waals surface area contributed by atoms with Crippen molar-refractivity contribution >= 4 is 5.91 Å². The monoisotopic (exact) mass is 212 g/mol. The lowest BCUT2D eigenvalue weighted by Gasteiger charge is -2.16. The summed E-state index contributed by atoms with van der Waals surface area (Å²) in [6, 6.07) is 0.625. The van der Waals surface area contributed by atoms with Gasteiger partial charge in [0.05, 0.1) is 0 Å². The first-order chi connectivity index (χ1) is 7.11. The molecule has 1 aliphatic rings. The highest BCUT2D eigenvalue weighted by Crippen LogP contribution is 2.10. The highest BCUT2D eigenvalue weighted by molar-refractivity contribution is 5.78. The molecule has 1 fully saturated rings. The number of rotatable bonds is 5. The summed E-state index contributed by atoms with van der Waals surface area (Å²) in [5, 5.41) is 6.44. The van der Waals surface area contributed by atoms with Gasteiger partial charge in [0.2, 0.25) is 5.91 Å². The molecule has 0 radical (unpaired) electrons. The van der Waals surface area contributed by atoms with Gasteiger partial charge in [-0.3, -0.25) is 4.79 Å². The van der Waals surface area contributed by atoms with E-state index in [1.54, 1.807) is 0 Å². The van der Waals surface area contributed by atoms with Crippen LogP contribution in [0.25, 0.3) is 0 Å². The first-order valence-electron chi connectivity index (χ1n) is 6.12. The second-order valence-electron chi connectivity index (χ2n) is 4.91. The van der Waals surface area contributed by atoms with Gasteiger partial charge in [0, 0.05) is 18.5 Å². The van der Waals surface area contributed by atoms with E-state index in [9.17, 15) is 4.79 Å². The van der Waals surface area contributed by atoms with Crippen LogP contribution in [-0.4, -0.2) is 25.0 Å². The zero-order valence-electron chi connectivity index (χ0n) is 10.2. The molecule has 3 heteroatoms. The molecule has 0 aromatic rings. The quantitative estimate of drug-likeness (QED) is 0.726. The number of hydrogen-bond donors (Lipinski definition) is 2. The van der Waals surface area contributed by atoms with Crippen molar-refractivity contribution < 1.29 is 4.79 Å². The smallest absolute Gasteiger partial charge is 0.223 e. The summed E-state index contributed by atoms with van der Waals surface area (Å²) in [7, 11) is 0. The van der Waals surface area contributed by atoms with Crippen LogP contribution in [-0.2, 0) is 4.79 Å². The summed E-state index contributed by atoms with van der Waals surface area (Å²) in [6.07, 6.45) is 3.60. The van der Waals surface area contributed by atoms with Crippen LogP contribution in [0.2, 0.25) is 0 Å². The fourth-order valence-corrected chi connectivity index (χ4v) is 1.84.